The Morgan fingerprint density at radius 2 is 1.75 bits per heavy atom. The van der Waals surface area contributed by atoms with Gasteiger partial charge in [-0.15, -0.1) is 0 Å². The summed E-state index contributed by atoms with van der Waals surface area (Å²) in [7, 11) is 0. The predicted molar refractivity (Wildman–Crippen MR) is 71.3 cm³/mol. The van der Waals surface area contributed by atoms with Gasteiger partial charge in [0.15, 0.2) is 0 Å². The van der Waals surface area contributed by atoms with E-state index in [1.54, 1.807) is 12.1 Å². The molecule has 0 spiro atoms. The van der Waals surface area contributed by atoms with E-state index in [0.29, 0.717) is 36.8 Å². The van der Waals surface area contributed by atoms with E-state index < -0.39 is 0 Å². The first kappa shape index (κ1) is 14.6. The van der Waals surface area contributed by atoms with E-state index in [1.165, 1.54) is 18.4 Å². The Kier molecular flexibility index (Phi) is 5.23. The lowest BCUT2D eigenvalue weighted by Crippen LogP contribution is -2.29. The third-order valence-electron chi connectivity index (χ3n) is 2.86. The van der Waals surface area contributed by atoms with Crippen molar-refractivity contribution in [3.8, 4) is 11.5 Å². The molecule has 2 aromatic rings. The van der Waals surface area contributed by atoms with Crippen molar-refractivity contribution in [1.29, 1.82) is 0 Å². The van der Waals surface area contributed by atoms with Crippen LogP contribution in [0.5, 0.6) is 0 Å². The number of aliphatic hydroxyl groups is 2. The van der Waals surface area contributed by atoms with E-state index in [-0.39, 0.29) is 19.0 Å². The van der Waals surface area contributed by atoms with Crippen LogP contribution < -0.4 is 0 Å². The number of aromatic nitrogens is 1. The molecule has 0 fully saturated rings. The Hall–Kier alpha value is -1.76. The van der Waals surface area contributed by atoms with Crippen LogP contribution in [0.1, 0.15) is 5.69 Å². The highest BCUT2D eigenvalue weighted by molar-refractivity contribution is 5.52. The normalized spacial score (nSPS) is 11.2. The van der Waals surface area contributed by atoms with Crippen LogP contribution in [0.15, 0.2) is 34.9 Å². The first-order chi connectivity index (χ1) is 9.72. The number of nitrogens with zero attached hydrogens (tertiary/aromatic N) is 2. The molecule has 0 saturated carbocycles. The number of rotatable bonds is 7. The summed E-state index contributed by atoms with van der Waals surface area (Å²) in [6.07, 6.45) is 1.53. The summed E-state index contributed by atoms with van der Waals surface area (Å²) in [5.74, 6) is 0.116. The van der Waals surface area contributed by atoms with Gasteiger partial charge in [0.05, 0.1) is 18.9 Å². The van der Waals surface area contributed by atoms with E-state index in [2.05, 4.69) is 4.98 Å². The molecule has 5 nitrogen and oxygen atoms in total. The lowest BCUT2D eigenvalue weighted by molar-refractivity contribution is 0.154. The SMILES string of the molecule is OCCN(CCO)Cc1coc(-c2ccc(F)cc2)n1. The number of aliphatic hydroxyl groups excluding tert-OH is 2. The Balaban J connectivity index is 2.06. The number of oxazole rings is 1. The highest BCUT2D eigenvalue weighted by Crippen LogP contribution is 2.19. The van der Waals surface area contributed by atoms with Crippen LogP contribution >= 0.6 is 0 Å². The maximum atomic E-state index is 12.8. The zero-order valence-corrected chi connectivity index (χ0v) is 11.0. The standard InChI is InChI=1S/C14H17FN2O3/c15-12-3-1-11(2-4-12)14-16-13(10-20-14)9-17(5-7-18)6-8-19/h1-4,10,18-19H,5-9H2. The Morgan fingerprint density at radius 1 is 1.10 bits per heavy atom. The molecule has 108 valence electrons. The van der Waals surface area contributed by atoms with Gasteiger partial charge in [0.2, 0.25) is 5.89 Å². The van der Waals surface area contributed by atoms with Crippen molar-refractivity contribution >= 4 is 0 Å². The minimum atomic E-state index is -0.308. The molecule has 1 aromatic heterocycles. The molecule has 1 aromatic carbocycles. The number of halogens is 1. The third kappa shape index (κ3) is 3.86. The second-order valence-electron chi connectivity index (χ2n) is 4.37. The molecule has 6 heteroatoms. The van der Waals surface area contributed by atoms with Crippen molar-refractivity contribution in [2.45, 2.75) is 6.54 Å². The molecule has 0 unspecified atom stereocenters. The van der Waals surface area contributed by atoms with E-state index in [0.717, 1.165) is 0 Å². The Bertz CT molecular complexity index is 521. The zero-order valence-electron chi connectivity index (χ0n) is 11.0. The van der Waals surface area contributed by atoms with E-state index in [1.807, 2.05) is 4.90 Å². The van der Waals surface area contributed by atoms with Gasteiger partial charge >= 0.3 is 0 Å². The van der Waals surface area contributed by atoms with Crippen LogP contribution in [0.3, 0.4) is 0 Å². The van der Waals surface area contributed by atoms with E-state index in [4.69, 9.17) is 14.6 Å². The van der Waals surface area contributed by atoms with Crippen molar-refractivity contribution < 1.29 is 19.0 Å². The average molecular weight is 280 g/mol. The summed E-state index contributed by atoms with van der Waals surface area (Å²) in [4.78, 5) is 6.19. The molecule has 0 amide bonds. The highest BCUT2D eigenvalue weighted by Gasteiger charge is 2.10. The zero-order chi connectivity index (χ0) is 14.4. The molecule has 0 aliphatic rings. The topological polar surface area (TPSA) is 69.7 Å². The van der Waals surface area contributed by atoms with Gasteiger partial charge in [0.25, 0.3) is 0 Å². The molecule has 0 radical (unpaired) electrons. The molecule has 0 aliphatic heterocycles. The molecule has 0 aliphatic carbocycles. The maximum Gasteiger partial charge on any atom is 0.226 e. The van der Waals surface area contributed by atoms with Gasteiger partial charge < -0.3 is 14.6 Å². The van der Waals surface area contributed by atoms with Crippen molar-refractivity contribution in [3.05, 3.63) is 42.0 Å². The molecule has 2 N–H and O–H groups in total. The van der Waals surface area contributed by atoms with Gasteiger partial charge in [0.1, 0.15) is 12.1 Å². The third-order valence-corrected chi connectivity index (χ3v) is 2.86. The quantitative estimate of drug-likeness (QED) is 0.799. The predicted octanol–water partition coefficient (Wildman–Crippen LogP) is 1.27. The highest BCUT2D eigenvalue weighted by atomic mass is 19.1. The van der Waals surface area contributed by atoms with Gasteiger partial charge in [-0.2, -0.15) is 0 Å². The van der Waals surface area contributed by atoms with Gasteiger partial charge in [-0.25, -0.2) is 9.37 Å². The van der Waals surface area contributed by atoms with Gasteiger partial charge in [-0.3, -0.25) is 4.90 Å². The maximum absolute atomic E-state index is 12.8. The first-order valence-electron chi connectivity index (χ1n) is 6.37. The smallest absolute Gasteiger partial charge is 0.226 e. The fraction of sp³-hybridized carbons (Fsp3) is 0.357. The summed E-state index contributed by atoms with van der Waals surface area (Å²) in [6, 6.07) is 5.90. The lowest BCUT2D eigenvalue weighted by Gasteiger charge is -2.18. The number of hydrogen-bond acceptors (Lipinski definition) is 5. The number of benzene rings is 1. The van der Waals surface area contributed by atoms with Crippen molar-refractivity contribution in [3.63, 3.8) is 0 Å². The van der Waals surface area contributed by atoms with Crippen LogP contribution in [0.4, 0.5) is 4.39 Å². The first-order valence-corrected chi connectivity index (χ1v) is 6.37. The molecular weight excluding hydrogens is 263 g/mol. The van der Waals surface area contributed by atoms with Crippen LogP contribution in [0.25, 0.3) is 11.5 Å². The second-order valence-corrected chi connectivity index (χ2v) is 4.37. The molecule has 20 heavy (non-hydrogen) atoms. The van der Waals surface area contributed by atoms with Crippen molar-refractivity contribution in [2.24, 2.45) is 0 Å². The summed E-state index contributed by atoms with van der Waals surface area (Å²) in [6.45, 7) is 1.43. The van der Waals surface area contributed by atoms with Gasteiger partial charge in [-0.05, 0) is 24.3 Å². The minimum Gasteiger partial charge on any atom is -0.444 e. The Morgan fingerprint density at radius 3 is 2.35 bits per heavy atom. The molecule has 2 rings (SSSR count). The molecule has 1 heterocycles. The summed E-state index contributed by atoms with van der Waals surface area (Å²) in [5, 5.41) is 17.9. The van der Waals surface area contributed by atoms with E-state index in [9.17, 15) is 4.39 Å². The van der Waals surface area contributed by atoms with Crippen LogP contribution in [-0.2, 0) is 6.54 Å². The van der Waals surface area contributed by atoms with Crippen LogP contribution in [0.2, 0.25) is 0 Å². The monoisotopic (exact) mass is 280 g/mol. The second kappa shape index (κ2) is 7.14. The number of hydrogen-bond donors (Lipinski definition) is 2. The van der Waals surface area contributed by atoms with Gasteiger partial charge in [0, 0.05) is 25.2 Å². The lowest BCUT2D eigenvalue weighted by atomic mass is 10.2. The fourth-order valence-electron chi connectivity index (χ4n) is 1.89. The molecular formula is C14H17FN2O3. The van der Waals surface area contributed by atoms with E-state index >= 15 is 0 Å². The summed E-state index contributed by atoms with van der Waals surface area (Å²) < 4.78 is 18.2. The van der Waals surface area contributed by atoms with Crippen molar-refractivity contribution in [1.82, 2.24) is 9.88 Å². The van der Waals surface area contributed by atoms with Crippen LogP contribution in [-0.4, -0.2) is 46.4 Å². The fourth-order valence-corrected chi connectivity index (χ4v) is 1.89. The largest absolute Gasteiger partial charge is 0.444 e. The summed E-state index contributed by atoms with van der Waals surface area (Å²) >= 11 is 0. The minimum absolute atomic E-state index is 0.0165. The molecule has 0 atom stereocenters. The average Bonchev–Trinajstić information content (AvgIpc) is 2.89. The molecule has 0 saturated heterocycles. The van der Waals surface area contributed by atoms with Crippen molar-refractivity contribution in [2.75, 3.05) is 26.3 Å². The van der Waals surface area contributed by atoms with Crippen LogP contribution in [0, 0.1) is 5.82 Å². The molecule has 0 bridgehead atoms. The Labute approximate surface area is 116 Å². The van der Waals surface area contributed by atoms with Gasteiger partial charge in [-0.1, -0.05) is 0 Å². The summed E-state index contributed by atoms with van der Waals surface area (Å²) in [5.41, 5.74) is 1.40.